The van der Waals surface area contributed by atoms with Crippen LogP contribution in [0.15, 0.2) is 83.9 Å². The number of fused-ring (bicyclic) bond motifs is 3. The van der Waals surface area contributed by atoms with Crippen LogP contribution < -0.4 is 5.56 Å². The fourth-order valence-electron chi connectivity index (χ4n) is 3.72. The van der Waals surface area contributed by atoms with Crippen molar-refractivity contribution in [1.29, 1.82) is 0 Å². The Morgan fingerprint density at radius 2 is 1.62 bits per heavy atom. The summed E-state index contributed by atoms with van der Waals surface area (Å²) in [4.78, 5) is 20.9. The van der Waals surface area contributed by atoms with Crippen molar-refractivity contribution in [2.45, 2.75) is 6.18 Å². The Kier molecular flexibility index (Phi) is 4.51. The van der Waals surface area contributed by atoms with E-state index in [0.717, 1.165) is 12.1 Å². The SMILES string of the molecule is O=c1ccc2cnc3ccc(-c4ccc(F)nc4)cc3c2n1-c1cccc(C(F)(F)F)c1. The van der Waals surface area contributed by atoms with Crippen LogP contribution in [0.3, 0.4) is 0 Å². The van der Waals surface area contributed by atoms with Crippen molar-refractivity contribution in [3.8, 4) is 16.8 Å². The van der Waals surface area contributed by atoms with Crippen LogP contribution in [0.5, 0.6) is 0 Å². The van der Waals surface area contributed by atoms with Gasteiger partial charge in [-0.3, -0.25) is 14.3 Å². The number of benzene rings is 2. The smallest absolute Gasteiger partial charge is 0.276 e. The maximum absolute atomic E-state index is 13.3. The largest absolute Gasteiger partial charge is 0.416 e. The van der Waals surface area contributed by atoms with Crippen LogP contribution in [0, 0.1) is 5.95 Å². The maximum atomic E-state index is 13.3. The van der Waals surface area contributed by atoms with Gasteiger partial charge in [0.05, 0.1) is 16.6 Å². The average Bonchev–Trinajstić information content (AvgIpc) is 2.78. The fourth-order valence-corrected chi connectivity index (χ4v) is 3.72. The summed E-state index contributed by atoms with van der Waals surface area (Å²) in [6.45, 7) is 0. The zero-order valence-electron chi connectivity index (χ0n) is 16.3. The zero-order chi connectivity index (χ0) is 22.5. The van der Waals surface area contributed by atoms with Crippen LogP contribution >= 0.6 is 0 Å². The van der Waals surface area contributed by atoms with Gasteiger partial charge >= 0.3 is 6.18 Å². The lowest BCUT2D eigenvalue weighted by molar-refractivity contribution is -0.137. The van der Waals surface area contributed by atoms with E-state index in [4.69, 9.17) is 0 Å². The number of pyridine rings is 3. The van der Waals surface area contributed by atoms with E-state index in [0.29, 0.717) is 32.9 Å². The predicted octanol–water partition coefficient (Wildman–Crippen LogP) is 5.76. The molecule has 4 nitrogen and oxygen atoms in total. The van der Waals surface area contributed by atoms with Crippen molar-refractivity contribution < 1.29 is 17.6 Å². The summed E-state index contributed by atoms with van der Waals surface area (Å²) < 4.78 is 54.3. The highest BCUT2D eigenvalue weighted by Crippen LogP contribution is 2.32. The number of hydrogen-bond donors (Lipinski definition) is 0. The van der Waals surface area contributed by atoms with Crippen LogP contribution in [0.4, 0.5) is 17.6 Å². The lowest BCUT2D eigenvalue weighted by atomic mass is 10.0. The summed E-state index contributed by atoms with van der Waals surface area (Å²) in [5.41, 5.74) is 1.10. The number of nitrogens with zero attached hydrogens (tertiary/aromatic N) is 3. The van der Waals surface area contributed by atoms with Crippen molar-refractivity contribution in [3.63, 3.8) is 0 Å². The minimum atomic E-state index is -4.55. The van der Waals surface area contributed by atoms with E-state index in [1.54, 1.807) is 36.5 Å². The normalized spacial score (nSPS) is 11.9. The van der Waals surface area contributed by atoms with Crippen LogP contribution in [0.1, 0.15) is 5.56 Å². The van der Waals surface area contributed by atoms with Gasteiger partial charge in [0.25, 0.3) is 5.56 Å². The molecule has 0 N–H and O–H groups in total. The van der Waals surface area contributed by atoms with Crippen molar-refractivity contribution in [3.05, 3.63) is 101 Å². The molecule has 0 spiro atoms. The second kappa shape index (κ2) is 7.26. The lowest BCUT2D eigenvalue weighted by Crippen LogP contribution is -2.18. The van der Waals surface area contributed by atoms with Crippen molar-refractivity contribution in [2.75, 3.05) is 0 Å². The van der Waals surface area contributed by atoms with Gasteiger partial charge in [-0.15, -0.1) is 0 Å². The second-order valence-corrected chi connectivity index (χ2v) is 7.22. The molecular weight excluding hydrogens is 422 g/mol. The molecule has 0 aliphatic carbocycles. The Hall–Kier alpha value is -4.07. The molecule has 0 atom stereocenters. The van der Waals surface area contributed by atoms with E-state index in [9.17, 15) is 22.4 Å². The van der Waals surface area contributed by atoms with Gasteiger partial charge in [0.2, 0.25) is 5.95 Å². The standard InChI is InChI=1S/C24H13F4N3O/c25-21-8-5-15(12-30-21)14-4-7-20-19(10-14)23-16(13-29-20)6-9-22(32)31(23)18-3-1-2-17(11-18)24(26,27)28/h1-13H. The number of hydrogen-bond acceptors (Lipinski definition) is 3. The van der Waals surface area contributed by atoms with Crippen molar-refractivity contribution in [2.24, 2.45) is 0 Å². The topological polar surface area (TPSA) is 47.8 Å². The first-order valence-electron chi connectivity index (χ1n) is 9.55. The van der Waals surface area contributed by atoms with Crippen LogP contribution in [-0.4, -0.2) is 14.5 Å². The number of alkyl halides is 3. The molecular formula is C24H13F4N3O. The zero-order valence-corrected chi connectivity index (χ0v) is 16.3. The van der Waals surface area contributed by atoms with Crippen molar-refractivity contribution in [1.82, 2.24) is 14.5 Å². The Balaban J connectivity index is 1.84. The molecule has 0 bridgehead atoms. The first-order valence-corrected chi connectivity index (χ1v) is 9.55. The Morgan fingerprint density at radius 1 is 0.812 bits per heavy atom. The highest BCUT2D eigenvalue weighted by molar-refractivity contribution is 6.05. The molecule has 5 rings (SSSR count). The summed E-state index contributed by atoms with van der Waals surface area (Å²) in [5, 5.41) is 1.16. The van der Waals surface area contributed by atoms with E-state index in [1.807, 2.05) is 0 Å². The Labute approximate surface area is 178 Å². The number of rotatable bonds is 2. The molecule has 2 aromatic carbocycles. The van der Waals surface area contributed by atoms with E-state index in [2.05, 4.69) is 9.97 Å². The van der Waals surface area contributed by atoms with Crippen LogP contribution in [-0.2, 0) is 6.18 Å². The van der Waals surface area contributed by atoms with Gasteiger partial charge in [0.1, 0.15) is 0 Å². The third-order valence-corrected chi connectivity index (χ3v) is 5.21. The molecule has 0 fully saturated rings. The molecule has 0 saturated carbocycles. The van der Waals surface area contributed by atoms with E-state index in [-0.39, 0.29) is 5.69 Å². The molecule has 158 valence electrons. The minimum Gasteiger partial charge on any atom is -0.276 e. The summed E-state index contributed by atoms with van der Waals surface area (Å²) in [6, 6.07) is 15.6. The van der Waals surface area contributed by atoms with Crippen LogP contribution in [0.25, 0.3) is 38.6 Å². The monoisotopic (exact) mass is 435 g/mol. The summed E-state index contributed by atoms with van der Waals surface area (Å²) in [5.74, 6) is -0.611. The minimum absolute atomic E-state index is 0.0942. The number of halogens is 4. The molecule has 0 amide bonds. The highest BCUT2D eigenvalue weighted by Gasteiger charge is 2.30. The van der Waals surface area contributed by atoms with Gasteiger partial charge in [0, 0.05) is 40.5 Å². The molecule has 32 heavy (non-hydrogen) atoms. The Morgan fingerprint density at radius 3 is 2.38 bits per heavy atom. The van der Waals surface area contributed by atoms with Gasteiger partial charge < -0.3 is 0 Å². The molecule has 5 aromatic rings. The molecule has 0 unspecified atom stereocenters. The quantitative estimate of drug-likeness (QED) is 0.201. The van der Waals surface area contributed by atoms with Gasteiger partial charge in [0.15, 0.2) is 0 Å². The fraction of sp³-hybridized carbons (Fsp3) is 0.0417. The van der Waals surface area contributed by atoms with Gasteiger partial charge in [-0.1, -0.05) is 12.1 Å². The molecule has 3 heterocycles. The van der Waals surface area contributed by atoms with Gasteiger partial charge in [-0.05, 0) is 54.1 Å². The average molecular weight is 435 g/mol. The first kappa shape index (κ1) is 19.9. The summed E-state index contributed by atoms with van der Waals surface area (Å²) in [6.07, 6.45) is -1.59. The van der Waals surface area contributed by atoms with Gasteiger partial charge in [-0.25, -0.2) is 4.98 Å². The molecule has 8 heteroatoms. The predicted molar refractivity (Wildman–Crippen MR) is 113 cm³/mol. The van der Waals surface area contributed by atoms with E-state index in [1.165, 1.54) is 35.0 Å². The molecule has 0 radical (unpaired) electrons. The molecule has 0 aliphatic rings. The third kappa shape index (κ3) is 3.39. The summed E-state index contributed by atoms with van der Waals surface area (Å²) in [7, 11) is 0. The number of aromatic nitrogens is 3. The molecule has 0 aliphatic heterocycles. The maximum Gasteiger partial charge on any atom is 0.416 e. The molecule has 3 aromatic heterocycles. The van der Waals surface area contributed by atoms with Crippen molar-refractivity contribution >= 4 is 21.8 Å². The molecule has 0 saturated heterocycles. The van der Waals surface area contributed by atoms with E-state index < -0.39 is 23.2 Å². The lowest BCUT2D eigenvalue weighted by Gasteiger charge is -2.15. The second-order valence-electron chi connectivity index (χ2n) is 7.22. The Bertz CT molecular complexity index is 1540. The highest BCUT2D eigenvalue weighted by atomic mass is 19.4. The third-order valence-electron chi connectivity index (χ3n) is 5.21. The van der Waals surface area contributed by atoms with Gasteiger partial charge in [-0.2, -0.15) is 17.6 Å². The van der Waals surface area contributed by atoms with E-state index >= 15 is 0 Å². The van der Waals surface area contributed by atoms with Crippen LogP contribution in [0.2, 0.25) is 0 Å². The summed E-state index contributed by atoms with van der Waals surface area (Å²) >= 11 is 0. The first-order chi connectivity index (χ1) is 15.3.